The van der Waals surface area contributed by atoms with Gasteiger partial charge in [-0.25, -0.2) is 17.6 Å². The minimum Gasteiger partial charge on any atom is -0.461 e. The molecule has 0 radical (unpaired) electrons. The molecule has 6 saturated heterocycles. The highest BCUT2D eigenvalue weighted by Gasteiger charge is 2.49. The number of anilines is 1. The number of carbonyl (C=O) groups excluding carboxylic acids is 1. The van der Waals surface area contributed by atoms with Gasteiger partial charge in [-0.1, -0.05) is 30.3 Å². The number of amides is 1. The van der Waals surface area contributed by atoms with E-state index in [1.54, 1.807) is 23.1 Å². The van der Waals surface area contributed by atoms with Gasteiger partial charge in [0, 0.05) is 81.9 Å². The van der Waals surface area contributed by atoms with E-state index in [9.17, 15) is 18.8 Å². The van der Waals surface area contributed by atoms with Crippen LogP contribution in [0.3, 0.4) is 0 Å². The van der Waals surface area contributed by atoms with Gasteiger partial charge in [-0.15, -0.1) is 0 Å². The molecule has 10 rings (SSSR count). The summed E-state index contributed by atoms with van der Waals surface area (Å²) in [6, 6.07) is 8.71. The van der Waals surface area contributed by atoms with Crippen LogP contribution >= 0.6 is 0 Å². The molecule has 5 atom stereocenters. The van der Waals surface area contributed by atoms with E-state index >= 15 is 8.78 Å². The van der Waals surface area contributed by atoms with Crippen molar-refractivity contribution >= 4 is 33.4 Å². The first-order valence-electron chi connectivity index (χ1n) is 18.9. The van der Waals surface area contributed by atoms with Crippen molar-refractivity contribution in [3.8, 4) is 23.3 Å². The van der Waals surface area contributed by atoms with Gasteiger partial charge < -0.3 is 19.3 Å². The number of ether oxygens (including phenoxy) is 2. The second kappa shape index (κ2) is 14.3. The van der Waals surface area contributed by atoms with Crippen LogP contribution in [0.15, 0.2) is 48.7 Å². The van der Waals surface area contributed by atoms with E-state index in [4.69, 9.17) is 14.5 Å². The molecule has 2 unspecified atom stereocenters. The lowest BCUT2D eigenvalue weighted by Gasteiger charge is -2.46. The third-order valence-electron chi connectivity index (χ3n) is 11.9. The highest BCUT2D eigenvalue weighted by Crippen LogP contribution is 2.41. The Balaban J connectivity index is 1.04. The maximum atomic E-state index is 16.9. The number of nitrogens with zero attached hydrogens (tertiary/aromatic N) is 8. The molecule has 0 saturated carbocycles. The molecule has 2 bridgehead atoms. The van der Waals surface area contributed by atoms with Crippen molar-refractivity contribution in [2.24, 2.45) is 0 Å². The Morgan fingerprint density at radius 2 is 1.89 bits per heavy atom. The number of hydrogen-bond acceptors (Lipinski definition) is 10. The van der Waals surface area contributed by atoms with Gasteiger partial charge in [-0.05, 0) is 30.8 Å². The van der Waals surface area contributed by atoms with Crippen LogP contribution in [0.25, 0.3) is 32.9 Å². The van der Waals surface area contributed by atoms with Gasteiger partial charge in [-0.3, -0.25) is 19.6 Å². The predicted molar refractivity (Wildman–Crippen MR) is 195 cm³/mol. The molecular weight excluding hydrogens is 716 g/mol. The molecule has 0 N–H and O–H groups in total. The SMILES string of the molecule is N#CC[C@H]1CN(c2nc(OC[C@@]34CCCN3C[C@H](F)C4)nc3c(F)c(-c4cccc5ccc(F)c(F)c45)ncc23)CCN1C(=O)/C=C/CN1CC2CC(C1)O2. The maximum absolute atomic E-state index is 16.9. The zero-order chi connectivity index (χ0) is 37.8. The lowest BCUT2D eigenvalue weighted by Crippen LogP contribution is -2.57. The fourth-order valence-electron chi connectivity index (χ4n) is 9.27. The Hall–Kier alpha value is -4.91. The van der Waals surface area contributed by atoms with Crippen LogP contribution in [0.4, 0.5) is 23.4 Å². The van der Waals surface area contributed by atoms with E-state index in [1.165, 1.54) is 18.3 Å². The number of carbonyl (C=O) groups is 1. The van der Waals surface area contributed by atoms with Crippen molar-refractivity contribution < 1.29 is 31.8 Å². The lowest BCUT2D eigenvalue weighted by atomic mass is 9.95. The molecule has 4 aromatic rings. The first kappa shape index (κ1) is 35.8. The average Bonchev–Trinajstić information content (AvgIpc) is 3.71. The fraction of sp³-hybridized carbons (Fsp3) is 0.475. The van der Waals surface area contributed by atoms with Gasteiger partial charge in [0.15, 0.2) is 17.5 Å². The second-order valence-electron chi connectivity index (χ2n) is 15.4. The molecule has 11 nitrogen and oxygen atoms in total. The first-order valence-corrected chi connectivity index (χ1v) is 18.9. The first-order chi connectivity index (χ1) is 26.7. The van der Waals surface area contributed by atoms with Crippen molar-refractivity contribution in [1.29, 1.82) is 5.26 Å². The van der Waals surface area contributed by atoms with Crippen LogP contribution in [0, 0.1) is 28.8 Å². The molecule has 0 aliphatic carbocycles. The molecule has 8 heterocycles. The molecule has 1 amide bonds. The maximum Gasteiger partial charge on any atom is 0.319 e. The standard InChI is InChI=1S/C40H40F4N8O3/c41-25-17-40(10-3-13-51(40)19-25)23-54-39-47-37-30(18-46-36(35(37)44)29-5-1-4-24-7-8-31(42)34(43)33(24)29)38(48-39)50-14-15-52(26(20-50)9-11-45)32(53)6-2-12-49-21-27-16-28(22-49)55-27/h1-2,4-8,18,25-28H,3,9-10,12-17,19-23H2/b6-2+/t25-,26+,27?,28?,40+/m1/s1. The highest BCUT2D eigenvalue weighted by atomic mass is 19.2. The van der Waals surface area contributed by atoms with Crippen LogP contribution in [0.5, 0.6) is 6.01 Å². The number of aromatic nitrogens is 3. The number of nitriles is 1. The Morgan fingerprint density at radius 1 is 1.05 bits per heavy atom. The van der Waals surface area contributed by atoms with Crippen LogP contribution < -0.4 is 9.64 Å². The van der Waals surface area contributed by atoms with E-state index < -0.39 is 35.2 Å². The van der Waals surface area contributed by atoms with Gasteiger partial charge in [0.1, 0.15) is 29.8 Å². The number of alkyl halides is 1. The molecule has 2 aromatic carbocycles. The summed E-state index contributed by atoms with van der Waals surface area (Å²) in [6.45, 7) is 4.28. The smallest absolute Gasteiger partial charge is 0.319 e. The van der Waals surface area contributed by atoms with Crippen molar-refractivity contribution in [2.75, 3.05) is 63.9 Å². The Kier molecular flexibility index (Phi) is 9.30. The normalized spacial score (nSPS) is 26.8. The zero-order valence-corrected chi connectivity index (χ0v) is 30.1. The molecule has 6 aliphatic rings. The van der Waals surface area contributed by atoms with Crippen LogP contribution in [0.1, 0.15) is 32.1 Å². The molecular formula is C40H40F4N8O3. The minimum atomic E-state index is -1.12. The summed E-state index contributed by atoms with van der Waals surface area (Å²) in [5, 5.41) is 10.3. The fourth-order valence-corrected chi connectivity index (χ4v) is 9.27. The predicted octanol–water partition coefficient (Wildman–Crippen LogP) is 5.18. The number of hydrogen-bond donors (Lipinski definition) is 0. The van der Waals surface area contributed by atoms with E-state index in [0.29, 0.717) is 37.3 Å². The third kappa shape index (κ3) is 6.53. The Labute approximate surface area is 315 Å². The van der Waals surface area contributed by atoms with Crippen LogP contribution in [0.2, 0.25) is 0 Å². The van der Waals surface area contributed by atoms with E-state index in [-0.39, 0.29) is 77.8 Å². The molecule has 6 fully saturated rings. The Bertz CT molecular complexity index is 2220. The van der Waals surface area contributed by atoms with E-state index in [2.05, 4.69) is 25.8 Å². The number of halogens is 4. The topological polar surface area (TPSA) is 111 Å². The van der Waals surface area contributed by atoms with Crippen molar-refractivity contribution in [3.05, 3.63) is 66.1 Å². The monoisotopic (exact) mass is 756 g/mol. The van der Waals surface area contributed by atoms with Gasteiger partial charge in [-0.2, -0.15) is 15.2 Å². The van der Waals surface area contributed by atoms with Crippen LogP contribution in [-0.4, -0.2) is 124 Å². The molecule has 286 valence electrons. The molecule has 15 heteroatoms. The number of fused-ring (bicyclic) bond motifs is 5. The lowest BCUT2D eigenvalue weighted by molar-refractivity contribution is -0.178. The summed E-state index contributed by atoms with van der Waals surface area (Å²) in [4.78, 5) is 35.1. The van der Waals surface area contributed by atoms with Crippen LogP contribution in [-0.2, 0) is 9.53 Å². The number of piperazine rings is 1. The summed E-state index contributed by atoms with van der Waals surface area (Å²) in [6.07, 6.45) is 7.47. The summed E-state index contributed by atoms with van der Waals surface area (Å²) < 4.78 is 73.1. The number of piperidine rings is 1. The summed E-state index contributed by atoms with van der Waals surface area (Å²) in [7, 11) is 0. The summed E-state index contributed by atoms with van der Waals surface area (Å²) in [5.41, 5.74) is -0.845. The largest absolute Gasteiger partial charge is 0.461 e. The molecule has 0 spiro atoms. The number of rotatable bonds is 9. The van der Waals surface area contributed by atoms with Crippen molar-refractivity contribution in [2.45, 2.75) is 62.1 Å². The third-order valence-corrected chi connectivity index (χ3v) is 11.9. The van der Waals surface area contributed by atoms with Gasteiger partial charge in [0.25, 0.3) is 0 Å². The van der Waals surface area contributed by atoms with E-state index in [0.717, 1.165) is 45.0 Å². The minimum absolute atomic E-state index is 0.0525. The molecule has 55 heavy (non-hydrogen) atoms. The zero-order valence-electron chi connectivity index (χ0n) is 30.1. The van der Waals surface area contributed by atoms with E-state index in [1.807, 2.05) is 11.0 Å². The highest BCUT2D eigenvalue weighted by molar-refractivity contribution is 5.99. The second-order valence-corrected chi connectivity index (χ2v) is 15.4. The van der Waals surface area contributed by atoms with Crippen molar-refractivity contribution in [3.63, 3.8) is 0 Å². The summed E-state index contributed by atoms with van der Waals surface area (Å²) in [5.74, 6) is -2.97. The number of morpholine rings is 1. The van der Waals surface area contributed by atoms with Gasteiger partial charge in [0.2, 0.25) is 5.91 Å². The average molecular weight is 757 g/mol. The summed E-state index contributed by atoms with van der Waals surface area (Å²) >= 11 is 0. The van der Waals surface area contributed by atoms with Crippen molar-refractivity contribution in [1.82, 2.24) is 29.7 Å². The Morgan fingerprint density at radius 3 is 2.71 bits per heavy atom. The molecule has 2 aromatic heterocycles. The molecule has 6 aliphatic heterocycles. The number of pyridine rings is 1. The quantitative estimate of drug-likeness (QED) is 0.168. The number of benzene rings is 2. The van der Waals surface area contributed by atoms with Gasteiger partial charge in [0.05, 0.1) is 41.7 Å². The van der Waals surface area contributed by atoms with Gasteiger partial charge >= 0.3 is 6.01 Å².